The van der Waals surface area contributed by atoms with Crippen LogP contribution in [0.3, 0.4) is 0 Å². The fourth-order valence-corrected chi connectivity index (χ4v) is 2.59. The summed E-state index contributed by atoms with van der Waals surface area (Å²) in [6.07, 6.45) is 2.31. The highest BCUT2D eigenvalue weighted by molar-refractivity contribution is 9.10. The molecule has 1 aliphatic carbocycles. The van der Waals surface area contributed by atoms with Crippen molar-refractivity contribution in [3.05, 3.63) is 46.6 Å². The molecule has 0 aliphatic heterocycles. The van der Waals surface area contributed by atoms with E-state index < -0.39 is 0 Å². The van der Waals surface area contributed by atoms with Gasteiger partial charge in [0.15, 0.2) is 0 Å². The zero-order chi connectivity index (χ0) is 14.1. The average molecular weight is 336 g/mol. The van der Waals surface area contributed by atoms with Crippen LogP contribution >= 0.6 is 15.9 Å². The fourth-order valence-electron chi connectivity index (χ4n) is 2.21. The second-order valence-electron chi connectivity index (χ2n) is 4.91. The first-order valence-electron chi connectivity index (χ1n) is 6.75. The summed E-state index contributed by atoms with van der Waals surface area (Å²) in [6.45, 7) is 2.74. The van der Waals surface area contributed by atoms with Crippen molar-refractivity contribution in [3.8, 4) is 0 Å². The van der Waals surface area contributed by atoms with Crippen LogP contribution in [-0.2, 0) is 0 Å². The molecule has 5 heteroatoms. The first-order valence-corrected chi connectivity index (χ1v) is 7.54. The SMILES string of the molecule is CCN(c1cccc(F)c1)c1cc(Br)nc(C2CC2)n1. The van der Waals surface area contributed by atoms with Gasteiger partial charge in [-0.15, -0.1) is 0 Å². The summed E-state index contributed by atoms with van der Waals surface area (Å²) < 4.78 is 14.2. The van der Waals surface area contributed by atoms with Crippen LogP contribution in [0.4, 0.5) is 15.9 Å². The summed E-state index contributed by atoms with van der Waals surface area (Å²) in [6, 6.07) is 8.45. The fraction of sp³-hybridized carbons (Fsp3) is 0.333. The molecule has 1 heterocycles. The minimum Gasteiger partial charge on any atom is -0.326 e. The lowest BCUT2D eigenvalue weighted by atomic mass is 10.2. The zero-order valence-corrected chi connectivity index (χ0v) is 12.8. The number of aromatic nitrogens is 2. The van der Waals surface area contributed by atoms with Crippen LogP contribution in [0, 0.1) is 5.82 Å². The lowest BCUT2D eigenvalue weighted by molar-refractivity contribution is 0.627. The largest absolute Gasteiger partial charge is 0.326 e. The Balaban J connectivity index is 2.00. The van der Waals surface area contributed by atoms with E-state index in [1.165, 1.54) is 12.1 Å². The first kappa shape index (κ1) is 13.5. The summed E-state index contributed by atoms with van der Waals surface area (Å²) in [5.41, 5.74) is 0.805. The Kier molecular flexibility index (Phi) is 3.70. The van der Waals surface area contributed by atoms with Crippen LogP contribution in [0.15, 0.2) is 34.9 Å². The Morgan fingerprint density at radius 3 is 2.75 bits per heavy atom. The molecule has 1 aromatic carbocycles. The number of rotatable bonds is 4. The number of anilines is 2. The van der Waals surface area contributed by atoms with Gasteiger partial charge in [0.2, 0.25) is 0 Å². The molecule has 1 saturated carbocycles. The summed E-state index contributed by atoms with van der Waals surface area (Å²) in [7, 11) is 0. The molecule has 20 heavy (non-hydrogen) atoms. The third-order valence-corrected chi connectivity index (χ3v) is 3.76. The molecule has 0 saturated heterocycles. The monoisotopic (exact) mass is 335 g/mol. The lowest BCUT2D eigenvalue weighted by Crippen LogP contribution is -2.18. The standard InChI is InChI=1S/C15H15BrFN3/c1-2-20(12-5-3-4-11(17)8-12)14-9-13(16)18-15(19-14)10-6-7-10/h3-5,8-10H,2,6-7H2,1H3. The maximum atomic E-state index is 13.4. The van der Waals surface area contributed by atoms with Crippen molar-refractivity contribution >= 4 is 27.4 Å². The normalized spacial score (nSPS) is 14.3. The van der Waals surface area contributed by atoms with E-state index in [4.69, 9.17) is 0 Å². The Labute approximate surface area is 126 Å². The second-order valence-corrected chi connectivity index (χ2v) is 5.72. The zero-order valence-electron chi connectivity index (χ0n) is 11.2. The van der Waals surface area contributed by atoms with Gasteiger partial charge in [-0.25, -0.2) is 14.4 Å². The number of benzene rings is 1. The molecular formula is C15H15BrFN3. The molecule has 0 radical (unpaired) electrons. The average Bonchev–Trinajstić information content (AvgIpc) is 3.23. The third kappa shape index (κ3) is 2.82. The van der Waals surface area contributed by atoms with Gasteiger partial charge in [0, 0.05) is 24.2 Å². The van der Waals surface area contributed by atoms with E-state index in [-0.39, 0.29) is 5.82 Å². The smallest absolute Gasteiger partial charge is 0.137 e. The molecule has 3 nitrogen and oxygen atoms in total. The Morgan fingerprint density at radius 1 is 1.30 bits per heavy atom. The van der Waals surface area contributed by atoms with Crippen molar-refractivity contribution in [1.82, 2.24) is 9.97 Å². The van der Waals surface area contributed by atoms with Crippen molar-refractivity contribution in [3.63, 3.8) is 0 Å². The van der Waals surface area contributed by atoms with E-state index in [0.29, 0.717) is 5.92 Å². The Hall–Kier alpha value is -1.49. The van der Waals surface area contributed by atoms with E-state index in [0.717, 1.165) is 41.3 Å². The van der Waals surface area contributed by atoms with Crippen molar-refractivity contribution in [2.24, 2.45) is 0 Å². The molecule has 3 rings (SSSR count). The summed E-state index contributed by atoms with van der Waals surface area (Å²) >= 11 is 3.44. The van der Waals surface area contributed by atoms with Crippen LogP contribution in [0.1, 0.15) is 31.5 Å². The van der Waals surface area contributed by atoms with E-state index in [1.807, 2.05) is 24.0 Å². The third-order valence-electron chi connectivity index (χ3n) is 3.35. The second kappa shape index (κ2) is 5.48. The van der Waals surface area contributed by atoms with E-state index in [9.17, 15) is 4.39 Å². The van der Waals surface area contributed by atoms with Gasteiger partial charge < -0.3 is 4.90 Å². The molecule has 0 spiro atoms. The van der Waals surface area contributed by atoms with Crippen LogP contribution in [0.2, 0.25) is 0 Å². The minimum atomic E-state index is -0.239. The van der Waals surface area contributed by atoms with Crippen molar-refractivity contribution in [1.29, 1.82) is 0 Å². The molecule has 0 atom stereocenters. The molecule has 1 aliphatic rings. The minimum absolute atomic E-state index is 0.239. The molecule has 104 valence electrons. The van der Waals surface area contributed by atoms with Crippen LogP contribution < -0.4 is 4.90 Å². The van der Waals surface area contributed by atoms with E-state index >= 15 is 0 Å². The molecule has 0 unspecified atom stereocenters. The van der Waals surface area contributed by atoms with E-state index in [2.05, 4.69) is 25.9 Å². The Morgan fingerprint density at radius 2 is 2.10 bits per heavy atom. The summed E-state index contributed by atoms with van der Waals surface area (Å²) in [4.78, 5) is 11.1. The molecule has 0 amide bonds. The van der Waals surface area contributed by atoms with Gasteiger partial charge in [-0.2, -0.15) is 0 Å². The topological polar surface area (TPSA) is 29.0 Å². The highest BCUT2D eigenvalue weighted by Crippen LogP contribution is 2.39. The summed E-state index contributed by atoms with van der Waals surface area (Å²) in [5, 5.41) is 0. The highest BCUT2D eigenvalue weighted by atomic mass is 79.9. The van der Waals surface area contributed by atoms with Gasteiger partial charge in [0.05, 0.1) is 0 Å². The van der Waals surface area contributed by atoms with Gasteiger partial charge >= 0.3 is 0 Å². The molecule has 1 aromatic heterocycles. The molecule has 2 aromatic rings. The predicted molar refractivity (Wildman–Crippen MR) is 80.8 cm³/mol. The van der Waals surface area contributed by atoms with Gasteiger partial charge in [-0.3, -0.25) is 0 Å². The van der Waals surface area contributed by atoms with Crippen LogP contribution in [0.5, 0.6) is 0 Å². The number of hydrogen-bond donors (Lipinski definition) is 0. The highest BCUT2D eigenvalue weighted by Gasteiger charge is 2.27. The van der Waals surface area contributed by atoms with Crippen molar-refractivity contribution in [2.75, 3.05) is 11.4 Å². The lowest BCUT2D eigenvalue weighted by Gasteiger charge is -2.22. The van der Waals surface area contributed by atoms with Gasteiger partial charge in [-0.1, -0.05) is 6.07 Å². The quantitative estimate of drug-likeness (QED) is 0.774. The first-order chi connectivity index (χ1) is 9.67. The summed E-state index contributed by atoms with van der Waals surface area (Å²) in [5.74, 6) is 1.93. The van der Waals surface area contributed by atoms with Crippen molar-refractivity contribution < 1.29 is 4.39 Å². The van der Waals surface area contributed by atoms with Gasteiger partial charge in [0.25, 0.3) is 0 Å². The van der Waals surface area contributed by atoms with Crippen LogP contribution in [-0.4, -0.2) is 16.5 Å². The van der Waals surface area contributed by atoms with Gasteiger partial charge in [-0.05, 0) is 53.9 Å². The maximum absolute atomic E-state index is 13.4. The van der Waals surface area contributed by atoms with Crippen molar-refractivity contribution in [2.45, 2.75) is 25.7 Å². The molecule has 0 N–H and O–H groups in total. The molecular weight excluding hydrogens is 321 g/mol. The number of halogens is 2. The predicted octanol–water partition coefficient (Wildman–Crippen LogP) is 4.41. The number of hydrogen-bond acceptors (Lipinski definition) is 3. The maximum Gasteiger partial charge on any atom is 0.137 e. The van der Waals surface area contributed by atoms with Gasteiger partial charge in [0.1, 0.15) is 22.1 Å². The van der Waals surface area contributed by atoms with E-state index in [1.54, 1.807) is 6.07 Å². The van der Waals surface area contributed by atoms with Crippen LogP contribution in [0.25, 0.3) is 0 Å². The Bertz CT molecular complexity index is 628. The number of nitrogens with zero attached hydrogens (tertiary/aromatic N) is 3. The molecule has 0 bridgehead atoms. The molecule has 1 fully saturated rings.